The first-order valence-corrected chi connectivity index (χ1v) is 8.30. The molecule has 1 aromatic carbocycles. The predicted octanol–water partition coefficient (Wildman–Crippen LogP) is 3.68. The number of anilines is 1. The molecule has 0 aliphatic carbocycles. The van der Waals surface area contributed by atoms with E-state index in [2.05, 4.69) is 0 Å². The number of ether oxygens (including phenoxy) is 1. The zero-order valence-corrected chi connectivity index (χ0v) is 14.7. The normalized spacial score (nSPS) is 21.4. The highest BCUT2D eigenvalue weighted by Crippen LogP contribution is 2.37. The summed E-state index contributed by atoms with van der Waals surface area (Å²) < 4.78 is 6.40. The van der Waals surface area contributed by atoms with E-state index in [0.717, 1.165) is 22.9 Å². The Labute approximate surface area is 145 Å². The molecule has 118 valence electrons. The lowest BCUT2D eigenvalue weighted by molar-refractivity contribution is -0.121. The van der Waals surface area contributed by atoms with Crippen LogP contribution in [0.25, 0.3) is 0 Å². The molecule has 0 saturated carbocycles. The van der Waals surface area contributed by atoms with Crippen molar-refractivity contribution in [3.05, 3.63) is 58.9 Å². The Kier molecular flexibility index (Phi) is 4.28. The summed E-state index contributed by atoms with van der Waals surface area (Å²) in [4.78, 5) is 16.1. The highest BCUT2D eigenvalue weighted by molar-refractivity contribution is 8.26. The third-order valence-corrected chi connectivity index (χ3v) is 5.09. The average Bonchev–Trinajstić information content (AvgIpc) is 2.98. The average molecular weight is 344 g/mol. The summed E-state index contributed by atoms with van der Waals surface area (Å²) in [6, 6.07) is 7.88. The molecule has 0 N–H and O–H groups in total. The number of fused-ring (bicyclic) bond motifs is 1. The fourth-order valence-corrected chi connectivity index (χ4v) is 3.50. The Morgan fingerprint density at radius 2 is 2.00 bits per heavy atom. The molecule has 4 nitrogen and oxygen atoms in total. The predicted molar refractivity (Wildman–Crippen MR) is 98.4 cm³/mol. The van der Waals surface area contributed by atoms with Crippen LogP contribution in [0.4, 0.5) is 5.69 Å². The Hall–Kier alpha value is -2.05. The molecule has 23 heavy (non-hydrogen) atoms. The lowest BCUT2D eigenvalue weighted by Crippen LogP contribution is -2.22. The smallest absolute Gasteiger partial charge is 0.265 e. The first kappa shape index (κ1) is 15.8. The van der Waals surface area contributed by atoms with Crippen LogP contribution < -0.4 is 9.64 Å². The van der Waals surface area contributed by atoms with E-state index in [1.807, 2.05) is 61.4 Å². The van der Waals surface area contributed by atoms with Crippen molar-refractivity contribution >= 4 is 39.9 Å². The molecule has 2 heterocycles. The van der Waals surface area contributed by atoms with Gasteiger partial charge in [-0.15, -0.1) is 0 Å². The van der Waals surface area contributed by atoms with E-state index >= 15 is 0 Å². The van der Waals surface area contributed by atoms with Gasteiger partial charge in [0.05, 0.1) is 10.6 Å². The van der Waals surface area contributed by atoms with E-state index in [9.17, 15) is 4.79 Å². The maximum atomic E-state index is 12.0. The largest absolute Gasteiger partial charge is 0.439 e. The highest BCUT2D eigenvalue weighted by atomic mass is 32.2. The molecule has 0 bridgehead atoms. The van der Waals surface area contributed by atoms with Crippen molar-refractivity contribution < 1.29 is 9.53 Å². The molecular weight excluding hydrogens is 328 g/mol. The molecule has 2 aliphatic rings. The second kappa shape index (κ2) is 6.22. The number of rotatable bonds is 2. The number of carbonyl (C=O) groups is 1. The van der Waals surface area contributed by atoms with Crippen LogP contribution in [0.5, 0.6) is 5.75 Å². The SMILES string of the molecule is CC(=CC=C1Oc2ccccc2N1C)C=C1SC(=S)N(C)C1=O. The number of amides is 1. The lowest BCUT2D eigenvalue weighted by atomic mass is 10.2. The van der Waals surface area contributed by atoms with Gasteiger partial charge in [-0.25, -0.2) is 0 Å². The molecule has 2 aliphatic heterocycles. The van der Waals surface area contributed by atoms with Crippen molar-refractivity contribution in [1.29, 1.82) is 0 Å². The topological polar surface area (TPSA) is 32.8 Å². The molecule has 0 unspecified atom stereocenters. The van der Waals surface area contributed by atoms with Gasteiger partial charge in [0.25, 0.3) is 5.91 Å². The standard InChI is InChI=1S/C17H16N2O2S2/c1-11(10-14-16(20)19(3)17(22)23-14)8-9-15-18(2)12-6-4-5-7-13(12)21-15/h4-10H,1-3H3. The molecule has 0 aromatic heterocycles. The van der Waals surface area contributed by atoms with E-state index in [1.54, 1.807) is 7.05 Å². The minimum absolute atomic E-state index is 0.0537. The van der Waals surface area contributed by atoms with Crippen molar-refractivity contribution in [3.8, 4) is 5.75 Å². The van der Waals surface area contributed by atoms with Gasteiger partial charge in [0.15, 0.2) is 11.6 Å². The molecule has 3 rings (SSSR count). The fraction of sp³-hybridized carbons (Fsp3) is 0.176. The van der Waals surface area contributed by atoms with Gasteiger partial charge in [0, 0.05) is 14.1 Å². The summed E-state index contributed by atoms with van der Waals surface area (Å²) in [6.45, 7) is 1.95. The van der Waals surface area contributed by atoms with Gasteiger partial charge in [-0.2, -0.15) is 0 Å². The maximum absolute atomic E-state index is 12.0. The number of hydrogen-bond donors (Lipinski definition) is 0. The summed E-state index contributed by atoms with van der Waals surface area (Å²) in [5.74, 6) is 1.54. The maximum Gasteiger partial charge on any atom is 0.265 e. The van der Waals surface area contributed by atoms with Crippen molar-refractivity contribution in [2.24, 2.45) is 0 Å². The van der Waals surface area contributed by atoms with Crippen molar-refractivity contribution in [2.75, 3.05) is 19.0 Å². The van der Waals surface area contributed by atoms with E-state index in [-0.39, 0.29) is 5.91 Å². The minimum atomic E-state index is -0.0537. The molecule has 0 radical (unpaired) electrons. The van der Waals surface area contributed by atoms with Crippen LogP contribution in [0.3, 0.4) is 0 Å². The van der Waals surface area contributed by atoms with Crippen LogP contribution in [0.1, 0.15) is 6.92 Å². The summed E-state index contributed by atoms with van der Waals surface area (Å²) in [5.41, 5.74) is 2.00. The summed E-state index contributed by atoms with van der Waals surface area (Å²) in [7, 11) is 3.65. The summed E-state index contributed by atoms with van der Waals surface area (Å²) >= 11 is 6.45. The third kappa shape index (κ3) is 3.04. The second-order valence-electron chi connectivity index (χ2n) is 5.29. The van der Waals surface area contributed by atoms with E-state index in [4.69, 9.17) is 17.0 Å². The van der Waals surface area contributed by atoms with Crippen molar-refractivity contribution in [3.63, 3.8) is 0 Å². The van der Waals surface area contributed by atoms with Crippen LogP contribution >= 0.6 is 24.0 Å². The first-order valence-electron chi connectivity index (χ1n) is 7.08. The van der Waals surface area contributed by atoms with Crippen LogP contribution in [0, 0.1) is 0 Å². The Morgan fingerprint density at radius 3 is 2.65 bits per heavy atom. The van der Waals surface area contributed by atoms with Gasteiger partial charge in [-0.05, 0) is 36.8 Å². The fourth-order valence-electron chi connectivity index (χ4n) is 2.27. The van der Waals surface area contributed by atoms with Crippen LogP contribution in [-0.2, 0) is 4.79 Å². The first-order chi connectivity index (χ1) is 11.0. The zero-order chi connectivity index (χ0) is 16.6. The zero-order valence-electron chi connectivity index (χ0n) is 13.1. The van der Waals surface area contributed by atoms with Gasteiger partial charge in [-0.3, -0.25) is 9.69 Å². The number of carbonyl (C=O) groups excluding carboxylic acids is 1. The van der Waals surface area contributed by atoms with E-state index in [0.29, 0.717) is 9.23 Å². The number of benzene rings is 1. The molecule has 1 aromatic rings. The monoisotopic (exact) mass is 344 g/mol. The molecule has 0 atom stereocenters. The number of thiocarbonyl (C=S) groups is 1. The highest BCUT2D eigenvalue weighted by Gasteiger charge is 2.28. The number of thioether (sulfide) groups is 1. The molecule has 1 saturated heterocycles. The third-order valence-electron chi connectivity index (χ3n) is 3.61. The van der Waals surface area contributed by atoms with Crippen LogP contribution in [0.15, 0.2) is 58.9 Å². The Morgan fingerprint density at radius 1 is 1.26 bits per heavy atom. The summed E-state index contributed by atoms with van der Waals surface area (Å²) in [6.07, 6.45) is 5.68. The number of para-hydroxylation sites is 2. The van der Waals surface area contributed by atoms with Gasteiger partial charge in [-0.1, -0.05) is 42.2 Å². The summed E-state index contributed by atoms with van der Waals surface area (Å²) in [5, 5.41) is 0. The van der Waals surface area contributed by atoms with Crippen molar-refractivity contribution in [1.82, 2.24) is 4.90 Å². The Balaban J connectivity index is 1.79. The van der Waals surface area contributed by atoms with Gasteiger partial charge in [0.1, 0.15) is 4.32 Å². The van der Waals surface area contributed by atoms with E-state index in [1.165, 1.54) is 16.7 Å². The lowest BCUT2D eigenvalue weighted by Gasteiger charge is -2.09. The molecule has 1 fully saturated rings. The molecule has 6 heteroatoms. The van der Waals surface area contributed by atoms with Gasteiger partial charge >= 0.3 is 0 Å². The number of nitrogens with zero attached hydrogens (tertiary/aromatic N) is 2. The number of likely N-dealkylation sites (N-methyl/N-ethyl adjacent to an activating group) is 1. The number of hydrogen-bond acceptors (Lipinski definition) is 5. The van der Waals surface area contributed by atoms with Gasteiger partial charge in [0.2, 0.25) is 0 Å². The van der Waals surface area contributed by atoms with Crippen LogP contribution in [-0.4, -0.2) is 29.2 Å². The molecule has 1 amide bonds. The van der Waals surface area contributed by atoms with Crippen molar-refractivity contribution in [2.45, 2.75) is 6.92 Å². The molecular formula is C17H16N2O2S2. The molecule has 0 spiro atoms. The number of allylic oxidation sites excluding steroid dienone is 4. The second-order valence-corrected chi connectivity index (χ2v) is 6.96. The minimum Gasteiger partial charge on any atom is -0.439 e. The van der Waals surface area contributed by atoms with E-state index < -0.39 is 0 Å². The van der Waals surface area contributed by atoms with Gasteiger partial charge < -0.3 is 9.64 Å². The van der Waals surface area contributed by atoms with Crippen LogP contribution in [0.2, 0.25) is 0 Å². The quantitative estimate of drug-likeness (QED) is 0.604. The Bertz CT molecular complexity index is 781.